The monoisotopic (exact) mass is 908 g/mol. The average molecular weight is 908 g/mol. The Balaban J connectivity index is 1.18. The van der Waals surface area contributed by atoms with E-state index < -0.39 is 46.9 Å². The highest BCUT2D eigenvalue weighted by molar-refractivity contribution is 8.76. The third kappa shape index (κ3) is 7.83. The molecule has 1 saturated heterocycles. The van der Waals surface area contributed by atoms with Crippen LogP contribution < -0.4 is 11.1 Å². The molecule has 7 fully saturated rings. The number of aliphatic imine (C=N–C) groups is 1. The molecule has 1 aliphatic heterocycles. The lowest BCUT2D eigenvalue weighted by atomic mass is 9.39. The number of aliphatic hydroxyl groups is 5. The number of nitrogens with zero attached hydrogens (tertiary/aromatic N) is 3. The van der Waals surface area contributed by atoms with E-state index in [1.165, 1.54) is 44.1 Å². The Morgan fingerprint density at radius 3 is 2.46 bits per heavy atom. The lowest BCUT2D eigenvalue weighted by molar-refractivity contribution is -0.189. The highest BCUT2D eigenvalue weighted by Gasteiger charge is 2.75. The number of nitrogens with one attached hydrogen (secondary N) is 1. The number of nitrogens with two attached hydrogens (primary N) is 1. The van der Waals surface area contributed by atoms with Gasteiger partial charge in [0, 0.05) is 53.7 Å². The molecule has 8 N–H and O–H groups in total. The molecule has 13 heteroatoms. The molecule has 0 amide bonds. The van der Waals surface area contributed by atoms with Crippen molar-refractivity contribution in [2.24, 2.45) is 73.8 Å². The average Bonchev–Trinajstić information content (AvgIpc) is 3.95. The van der Waals surface area contributed by atoms with E-state index in [2.05, 4.69) is 48.8 Å². The summed E-state index contributed by atoms with van der Waals surface area (Å²) in [6.07, 6.45) is 19.7. The van der Waals surface area contributed by atoms with Gasteiger partial charge in [-0.25, -0.2) is 4.98 Å². The van der Waals surface area contributed by atoms with Crippen LogP contribution in [-0.4, -0.2) is 95.0 Å². The van der Waals surface area contributed by atoms with Crippen LogP contribution in [0.15, 0.2) is 46.5 Å². The number of hydrogen-bond donors (Lipinski definition) is 7. The molecular formula is C50H77N5O6S2. The maximum atomic E-state index is 14.6. The zero-order valence-corrected chi connectivity index (χ0v) is 40.2. The maximum absolute atomic E-state index is 14.6. The molecule has 1 spiro atoms. The number of rotatable bonds is 4. The molecule has 0 radical (unpaired) electrons. The van der Waals surface area contributed by atoms with Gasteiger partial charge < -0.3 is 41.2 Å². The molecule has 1 aromatic rings. The third-order valence-electron chi connectivity index (χ3n) is 19.2. The minimum atomic E-state index is -1.35. The number of fused-ring (bicyclic) bond motifs is 6. The van der Waals surface area contributed by atoms with Gasteiger partial charge in [-0.3, -0.25) is 9.79 Å². The molecule has 7 aliphatic carbocycles. The Morgan fingerprint density at radius 2 is 1.73 bits per heavy atom. The van der Waals surface area contributed by atoms with Crippen molar-refractivity contribution < 1.29 is 30.3 Å². The fourth-order valence-corrected chi connectivity index (χ4v) is 19.2. The summed E-state index contributed by atoms with van der Waals surface area (Å²) in [4.78, 5) is 24.0. The molecule has 2 heterocycles. The van der Waals surface area contributed by atoms with Crippen LogP contribution in [0.1, 0.15) is 143 Å². The Morgan fingerprint density at radius 1 is 0.984 bits per heavy atom. The van der Waals surface area contributed by atoms with Crippen LogP contribution >= 0.6 is 21.6 Å². The smallest absolute Gasteiger partial charge is 0.190 e. The highest BCUT2D eigenvalue weighted by atomic mass is 33.1. The number of aliphatic hydroxyl groups excluding tert-OH is 4. The van der Waals surface area contributed by atoms with E-state index in [1.54, 1.807) is 18.6 Å². The first-order valence-electron chi connectivity index (χ1n) is 24.6. The van der Waals surface area contributed by atoms with Crippen LogP contribution in [0, 0.1) is 63.1 Å². The fraction of sp³-hybridized carbons (Fsp3) is 0.820. The van der Waals surface area contributed by atoms with Gasteiger partial charge in [-0.2, -0.15) is 0 Å². The Hall–Kier alpha value is -1.87. The van der Waals surface area contributed by atoms with Crippen molar-refractivity contribution in [2.75, 3.05) is 18.1 Å². The first kappa shape index (κ1) is 46.2. The van der Waals surface area contributed by atoms with Crippen molar-refractivity contribution in [1.82, 2.24) is 14.9 Å². The Kier molecular flexibility index (Phi) is 12.7. The molecule has 63 heavy (non-hydrogen) atoms. The molecule has 0 aromatic carbocycles. The van der Waals surface area contributed by atoms with Crippen molar-refractivity contribution in [3.8, 4) is 0 Å². The number of aromatic nitrogens is 2. The molecule has 1 aromatic heterocycles. The van der Waals surface area contributed by atoms with E-state index in [9.17, 15) is 30.3 Å². The zero-order valence-electron chi connectivity index (χ0n) is 38.6. The summed E-state index contributed by atoms with van der Waals surface area (Å²) >= 11 is 0. The van der Waals surface area contributed by atoms with Gasteiger partial charge in [0.25, 0.3) is 0 Å². The van der Waals surface area contributed by atoms with Gasteiger partial charge in [-0.05, 0) is 148 Å². The van der Waals surface area contributed by atoms with E-state index in [4.69, 9.17) is 10.7 Å². The number of hydrogen-bond acceptors (Lipinski definition) is 10. The predicted molar refractivity (Wildman–Crippen MR) is 251 cm³/mol. The lowest BCUT2D eigenvalue weighted by Crippen LogP contribution is -2.68. The lowest BCUT2D eigenvalue weighted by Gasteiger charge is -2.66. The van der Waals surface area contributed by atoms with Crippen LogP contribution in [0.3, 0.4) is 0 Å². The van der Waals surface area contributed by atoms with Crippen LogP contribution in [0.25, 0.3) is 0 Å². The molecular weight excluding hydrogens is 831 g/mol. The number of ketones is 1. The maximum Gasteiger partial charge on any atom is 0.190 e. The summed E-state index contributed by atoms with van der Waals surface area (Å²) in [6.45, 7) is 11.2. The van der Waals surface area contributed by atoms with Crippen molar-refractivity contribution in [3.05, 3.63) is 41.5 Å². The summed E-state index contributed by atoms with van der Waals surface area (Å²) < 4.78 is 2.28. The van der Waals surface area contributed by atoms with Crippen molar-refractivity contribution in [1.29, 1.82) is 0 Å². The Labute approximate surface area is 383 Å². The van der Waals surface area contributed by atoms with E-state index in [-0.39, 0.29) is 71.5 Å². The minimum absolute atomic E-state index is 0.00945. The topological polar surface area (TPSA) is 186 Å². The quantitative estimate of drug-likeness (QED) is 0.0527. The van der Waals surface area contributed by atoms with Crippen molar-refractivity contribution in [2.45, 2.75) is 174 Å². The molecule has 15 atom stereocenters. The Bertz CT molecular complexity index is 1950. The van der Waals surface area contributed by atoms with Gasteiger partial charge in [0.2, 0.25) is 0 Å². The predicted octanol–water partition coefficient (Wildman–Crippen LogP) is 7.34. The number of carbonyl (C=O) groups excluding carboxylic acids is 1. The van der Waals surface area contributed by atoms with Gasteiger partial charge in [0.05, 0.1) is 30.2 Å². The second-order valence-electron chi connectivity index (χ2n) is 23.0. The number of imidazole rings is 1. The molecule has 350 valence electrons. The number of carbonyl (C=O) groups is 1. The van der Waals surface area contributed by atoms with Crippen LogP contribution in [-0.2, 0) is 4.79 Å². The summed E-state index contributed by atoms with van der Waals surface area (Å²) in [7, 11) is 3.72. The fourth-order valence-electron chi connectivity index (χ4n) is 16.5. The molecule has 2 bridgehead atoms. The summed E-state index contributed by atoms with van der Waals surface area (Å²) in [5.74, 6) is 0.464. The number of guanidine groups is 1. The summed E-state index contributed by atoms with van der Waals surface area (Å²) in [5.41, 5.74) is 7.72. The first-order chi connectivity index (χ1) is 29.9. The molecule has 11 nitrogen and oxygen atoms in total. The van der Waals surface area contributed by atoms with Crippen LogP contribution in [0.4, 0.5) is 0 Å². The van der Waals surface area contributed by atoms with Gasteiger partial charge in [-0.1, -0.05) is 79.7 Å². The molecule has 6 saturated carbocycles. The van der Waals surface area contributed by atoms with E-state index in [1.807, 2.05) is 34.1 Å². The van der Waals surface area contributed by atoms with Gasteiger partial charge in [0.15, 0.2) is 11.7 Å². The van der Waals surface area contributed by atoms with Gasteiger partial charge in [0.1, 0.15) is 6.23 Å². The number of allylic oxidation sites excluding steroid dienone is 2. The standard InChI is InChI=1S/C50H77N5O6S2/c1-29(56)54-45(51)53-25-34-35-12-8-11-33-37-18-31(50(61,48(35,37)5)39-21-41(58)38-20-42(59)43(60)24-47(38,4)44(34)39)26-62-63-27-32(55-17-16-52-28-55)23-46(2,3)36(19-40(33)57)30-10-9-15-49(22-30)13-6-7-14-49/h16-17,21,28-29,31-35,37-38,40,42-44,56-57,59-61H,6-15,18-20,22-27H2,1-5H3,(H3,51,53,54). The van der Waals surface area contributed by atoms with E-state index in [0.29, 0.717) is 24.1 Å². The summed E-state index contributed by atoms with van der Waals surface area (Å²) in [5, 5.41) is 62.9. The largest absolute Gasteiger partial charge is 0.392 e. The van der Waals surface area contributed by atoms with Crippen molar-refractivity contribution in [3.63, 3.8) is 0 Å². The van der Waals surface area contributed by atoms with Gasteiger partial charge >= 0.3 is 0 Å². The zero-order chi connectivity index (χ0) is 44.7. The second-order valence-corrected chi connectivity index (χ2v) is 25.6. The van der Waals surface area contributed by atoms with E-state index in [0.717, 1.165) is 56.3 Å². The highest BCUT2D eigenvalue weighted by Crippen LogP contribution is 2.75. The SMILES string of the molecule is CC(O)NC(N)=NCC1C2C(=CC(=O)C3CC(O)C(O)CC32C)C2(O)C3CSSCC(n4ccnc4)CC(C)(C)C(=C4CCCC5(CCCC5)C4)CC(O)C4CCCC1C2(C)C4C3. The summed E-state index contributed by atoms with van der Waals surface area (Å²) in [6, 6.07) is 0.197. The molecule has 9 rings (SSSR count). The molecule has 15 unspecified atom stereocenters. The molecule has 8 aliphatic rings. The van der Waals surface area contributed by atoms with Crippen LogP contribution in [0.2, 0.25) is 0 Å². The van der Waals surface area contributed by atoms with Crippen molar-refractivity contribution >= 4 is 33.3 Å². The van der Waals surface area contributed by atoms with Crippen LogP contribution in [0.5, 0.6) is 0 Å². The normalized spacial score (nSPS) is 45.7. The minimum Gasteiger partial charge on any atom is -0.392 e. The second kappa shape index (κ2) is 17.3. The van der Waals surface area contributed by atoms with Gasteiger partial charge in [-0.15, -0.1) is 0 Å². The third-order valence-corrected chi connectivity index (χ3v) is 21.8. The first-order valence-corrected chi connectivity index (χ1v) is 27.1. The van der Waals surface area contributed by atoms with E-state index >= 15 is 0 Å².